The molecule has 1 rings (SSSR count). The van der Waals surface area contributed by atoms with Crippen LogP contribution in [0.15, 0.2) is 18.2 Å². The molecule has 2 N–H and O–H groups in total. The summed E-state index contributed by atoms with van der Waals surface area (Å²) >= 11 is 5.85. The van der Waals surface area contributed by atoms with Crippen LogP contribution in [-0.4, -0.2) is 7.11 Å². The van der Waals surface area contributed by atoms with Crippen LogP contribution in [-0.2, 0) is 6.54 Å². The summed E-state index contributed by atoms with van der Waals surface area (Å²) < 4.78 is 4.97. The van der Waals surface area contributed by atoms with Gasteiger partial charge in [0.15, 0.2) is 0 Å². The normalized spacial score (nSPS) is 8.69. The van der Waals surface area contributed by atoms with Crippen LogP contribution in [0.1, 0.15) is 19.4 Å². The molecular formula is C10H16ClNO. The Hall–Kier alpha value is -0.730. The summed E-state index contributed by atoms with van der Waals surface area (Å²) in [6.45, 7) is 4.46. The van der Waals surface area contributed by atoms with Gasteiger partial charge in [0.2, 0.25) is 0 Å². The van der Waals surface area contributed by atoms with Crippen molar-refractivity contribution in [3.8, 4) is 5.75 Å². The lowest BCUT2D eigenvalue weighted by molar-refractivity contribution is 0.414. The molecule has 0 spiro atoms. The number of ether oxygens (including phenoxy) is 1. The summed E-state index contributed by atoms with van der Waals surface area (Å²) in [5, 5.41) is 0.659. The second-order valence-corrected chi connectivity index (χ2v) is 2.57. The average Bonchev–Trinajstić information content (AvgIpc) is 2.20. The van der Waals surface area contributed by atoms with E-state index in [-0.39, 0.29) is 0 Å². The molecule has 0 saturated carbocycles. The third kappa shape index (κ3) is 3.66. The molecule has 0 radical (unpaired) electrons. The molecule has 0 aliphatic rings. The van der Waals surface area contributed by atoms with Crippen molar-refractivity contribution in [3.05, 3.63) is 28.8 Å². The van der Waals surface area contributed by atoms with Crippen molar-refractivity contribution in [2.45, 2.75) is 20.4 Å². The number of hydrogen-bond donors (Lipinski definition) is 1. The van der Waals surface area contributed by atoms with Crippen molar-refractivity contribution in [2.75, 3.05) is 7.11 Å². The lowest BCUT2D eigenvalue weighted by Gasteiger charge is -2.03. The highest BCUT2D eigenvalue weighted by Crippen LogP contribution is 2.21. The van der Waals surface area contributed by atoms with Crippen LogP contribution in [0.25, 0.3) is 0 Å². The minimum atomic E-state index is 0.461. The van der Waals surface area contributed by atoms with Crippen molar-refractivity contribution in [1.82, 2.24) is 0 Å². The molecule has 0 aliphatic carbocycles. The molecule has 0 bridgehead atoms. The summed E-state index contributed by atoms with van der Waals surface area (Å²) in [5.74, 6) is 0.757. The van der Waals surface area contributed by atoms with Crippen LogP contribution in [0.3, 0.4) is 0 Å². The summed E-state index contributed by atoms with van der Waals surface area (Å²) in [6, 6.07) is 5.46. The smallest absolute Gasteiger partial charge is 0.120 e. The van der Waals surface area contributed by atoms with Crippen molar-refractivity contribution in [1.29, 1.82) is 0 Å². The van der Waals surface area contributed by atoms with Gasteiger partial charge in [-0.2, -0.15) is 0 Å². The zero-order valence-electron chi connectivity index (χ0n) is 8.30. The lowest BCUT2D eigenvalue weighted by Crippen LogP contribution is -1.96. The van der Waals surface area contributed by atoms with Gasteiger partial charge in [0.05, 0.1) is 7.11 Å². The van der Waals surface area contributed by atoms with Crippen LogP contribution in [0.5, 0.6) is 5.75 Å². The molecule has 0 amide bonds. The van der Waals surface area contributed by atoms with Gasteiger partial charge >= 0.3 is 0 Å². The first-order valence-corrected chi connectivity index (χ1v) is 4.68. The van der Waals surface area contributed by atoms with Gasteiger partial charge < -0.3 is 10.5 Å². The van der Waals surface area contributed by atoms with Crippen molar-refractivity contribution < 1.29 is 4.74 Å². The molecule has 13 heavy (non-hydrogen) atoms. The number of benzene rings is 1. The van der Waals surface area contributed by atoms with Crippen molar-refractivity contribution in [3.63, 3.8) is 0 Å². The molecule has 0 unspecified atom stereocenters. The van der Waals surface area contributed by atoms with Gasteiger partial charge in [-0.05, 0) is 17.7 Å². The van der Waals surface area contributed by atoms with E-state index >= 15 is 0 Å². The van der Waals surface area contributed by atoms with E-state index in [2.05, 4.69) is 0 Å². The number of hydrogen-bond acceptors (Lipinski definition) is 2. The Morgan fingerprint density at radius 1 is 1.38 bits per heavy atom. The third-order valence-electron chi connectivity index (χ3n) is 1.48. The van der Waals surface area contributed by atoms with Gasteiger partial charge in [0.25, 0.3) is 0 Å². The van der Waals surface area contributed by atoms with E-state index in [1.807, 2.05) is 26.0 Å². The quantitative estimate of drug-likeness (QED) is 0.799. The van der Waals surface area contributed by atoms with Crippen LogP contribution in [0.4, 0.5) is 0 Å². The fourth-order valence-corrected chi connectivity index (χ4v) is 1.07. The fraction of sp³-hybridized carbons (Fsp3) is 0.400. The van der Waals surface area contributed by atoms with Gasteiger partial charge in [-0.25, -0.2) is 0 Å². The van der Waals surface area contributed by atoms with E-state index in [0.717, 1.165) is 11.3 Å². The number of nitrogens with two attached hydrogens (primary N) is 1. The Balaban J connectivity index is 0.000000671. The second kappa shape index (κ2) is 6.75. The van der Waals surface area contributed by atoms with Crippen molar-refractivity contribution >= 4 is 11.6 Å². The number of methoxy groups -OCH3 is 1. The first-order valence-electron chi connectivity index (χ1n) is 4.30. The third-order valence-corrected chi connectivity index (χ3v) is 1.83. The SMILES string of the molecule is CC.COc1ccc(CN)c(Cl)c1. The van der Waals surface area contributed by atoms with Crippen LogP contribution in [0.2, 0.25) is 5.02 Å². The predicted octanol–water partition coefficient (Wildman–Crippen LogP) is 2.83. The molecule has 0 fully saturated rings. The monoisotopic (exact) mass is 201 g/mol. The molecule has 1 aromatic rings. The Morgan fingerprint density at radius 3 is 2.38 bits per heavy atom. The van der Waals surface area contributed by atoms with Gasteiger partial charge in [-0.15, -0.1) is 0 Å². The molecule has 2 nitrogen and oxygen atoms in total. The number of halogens is 1. The zero-order chi connectivity index (χ0) is 10.3. The summed E-state index contributed by atoms with van der Waals surface area (Å²) in [4.78, 5) is 0. The summed E-state index contributed by atoms with van der Waals surface area (Å²) in [6.07, 6.45) is 0. The first-order chi connectivity index (χ1) is 6.27. The maximum absolute atomic E-state index is 5.85. The maximum Gasteiger partial charge on any atom is 0.120 e. The van der Waals surface area contributed by atoms with Crippen LogP contribution in [0, 0.1) is 0 Å². The highest BCUT2D eigenvalue weighted by atomic mass is 35.5. The highest BCUT2D eigenvalue weighted by Gasteiger charge is 1.98. The van der Waals surface area contributed by atoms with Crippen LogP contribution < -0.4 is 10.5 Å². The van der Waals surface area contributed by atoms with E-state index in [0.29, 0.717) is 11.6 Å². The average molecular weight is 202 g/mol. The molecule has 0 heterocycles. The topological polar surface area (TPSA) is 35.2 Å². The second-order valence-electron chi connectivity index (χ2n) is 2.16. The van der Waals surface area contributed by atoms with Crippen molar-refractivity contribution in [2.24, 2.45) is 5.73 Å². The molecule has 0 atom stereocenters. The van der Waals surface area contributed by atoms with E-state index in [4.69, 9.17) is 22.1 Å². The Labute approximate surface area is 84.7 Å². The molecule has 3 heteroatoms. The summed E-state index contributed by atoms with van der Waals surface area (Å²) in [7, 11) is 1.60. The summed E-state index contributed by atoms with van der Waals surface area (Å²) in [5.41, 5.74) is 6.35. The van der Waals surface area contributed by atoms with Gasteiger partial charge in [-0.1, -0.05) is 31.5 Å². The van der Waals surface area contributed by atoms with Crippen LogP contribution >= 0.6 is 11.6 Å². The zero-order valence-corrected chi connectivity index (χ0v) is 9.06. The van der Waals surface area contributed by atoms with E-state index in [9.17, 15) is 0 Å². The van der Waals surface area contributed by atoms with E-state index in [1.165, 1.54) is 0 Å². The molecule has 0 aliphatic heterocycles. The standard InChI is InChI=1S/C8H10ClNO.C2H6/c1-11-7-3-2-6(5-10)8(9)4-7;1-2/h2-4H,5,10H2,1H3;1-2H3. The minimum absolute atomic E-state index is 0.461. The van der Waals surface area contributed by atoms with Gasteiger partial charge in [0, 0.05) is 11.6 Å². The molecule has 0 saturated heterocycles. The molecule has 1 aromatic carbocycles. The maximum atomic E-state index is 5.85. The molecule has 74 valence electrons. The predicted molar refractivity (Wildman–Crippen MR) is 57.2 cm³/mol. The largest absolute Gasteiger partial charge is 0.497 e. The van der Waals surface area contributed by atoms with E-state index < -0.39 is 0 Å². The number of rotatable bonds is 2. The first kappa shape index (κ1) is 12.3. The molecule has 0 aromatic heterocycles. The minimum Gasteiger partial charge on any atom is -0.497 e. The fourth-order valence-electron chi connectivity index (χ4n) is 0.821. The van der Waals surface area contributed by atoms with Gasteiger partial charge in [-0.3, -0.25) is 0 Å². The van der Waals surface area contributed by atoms with E-state index in [1.54, 1.807) is 13.2 Å². The highest BCUT2D eigenvalue weighted by molar-refractivity contribution is 6.31. The lowest BCUT2D eigenvalue weighted by atomic mass is 10.2. The van der Waals surface area contributed by atoms with Gasteiger partial charge in [0.1, 0.15) is 5.75 Å². The Kier molecular flexibility index (Phi) is 6.37. The Morgan fingerprint density at radius 2 is 2.00 bits per heavy atom. The molecular weight excluding hydrogens is 186 g/mol. The Bertz CT molecular complexity index is 251.